The number of rotatable bonds is 8. The molecule has 116 valence electrons. The van der Waals surface area contributed by atoms with E-state index in [2.05, 4.69) is 25.7 Å². The van der Waals surface area contributed by atoms with Gasteiger partial charge in [-0.3, -0.25) is 0 Å². The summed E-state index contributed by atoms with van der Waals surface area (Å²) < 4.78 is 24.6. The van der Waals surface area contributed by atoms with E-state index in [-0.39, 0.29) is 19.0 Å². The van der Waals surface area contributed by atoms with Crippen molar-refractivity contribution in [1.29, 1.82) is 0 Å². The van der Waals surface area contributed by atoms with Crippen molar-refractivity contribution >= 4 is 0 Å². The van der Waals surface area contributed by atoms with Crippen LogP contribution in [0.15, 0.2) is 18.2 Å². The molecule has 0 fully saturated rings. The fraction of sp³-hybridized carbons (Fsp3) is 0.529. The highest BCUT2D eigenvalue weighted by Crippen LogP contribution is 2.11. The average molecular weight is 294 g/mol. The first-order valence-corrected chi connectivity index (χ1v) is 7.17. The van der Waals surface area contributed by atoms with E-state index in [0.29, 0.717) is 43.3 Å². The number of ether oxygens (including phenoxy) is 2. The highest BCUT2D eigenvalue weighted by Gasteiger charge is 2.03. The molecule has 1 aromatic carbocycles. The smallest absolute Gasteiger partial charge is 0.129 e. The summed E-state index contributed by atoms with van der Waals surface area (Å²) in [4.78, 5) is 0. The molecule has 21 heavy (non-hydrogen) atoms. The molecule has 0 saturated heterocycles. The number of aliphatic hydroxyl groups excluding tert-OH is 1. The minimum Gasteiger partial charge on any atom is -0.395 e. The van der Waals surface area contributed by atoms with Crippen LogP contribution in [0.3, 0.4) is 0 Å². The molecular formula is C17H23FO3. The van der Waals surface area contributed by atoms with E-state index in [0.717, 1.165) is 0 Å². The van der Waals surface area contributed by atoms with Gasteiger partial charge in [0, 0.05) is 24.2 Å². The Hall–Kier alpha value is -1.41. The standard InChI is InChI=1S/C17H23FO3/c1-14(2)12-20-9-10-21-13-16-7-6-15(11-17(16)18)5-3-4-8-19/h6-7,11,14,19H,4,8-10,12-13H2,1-2H3. The Bertz CT molecular complexity index is 475. The zero-order valence-electron chi connectivity index (χ0n) is 12.7. The van der Waals surface area contributed by atoms with Gasteiger partial charge in [-0.05, 0) is 18.1 Å². The van der Waals surface area contributed by atoms with Gasteiger partial charge in [-0.2, -0.15) is 0 Å². The molecule has 3 nitrogen and oxygen atoms in total. The summed E-state index contributed by atoms with van der Waals surface area (Å²) in [6, 6.07) is 4.81. The van der Waals surface area contributed by atoms with Crippen LogP contribution in [0.4, 0.5) is 4.39 Å². The number of aliphatic hydroxyl groups is 1. The maximum Gasteiger partial charge on any atom is 0.129 e. The second-order valence-electron chi connectivity index (χ2n) is 5.10. The zero-order valence-corrected chi connectivity index (χ0v) is 12.7. The zero-order chi connectivity index (χ0) is 15.5. The summed E-state index contributed by atoms with van der Waals surface area (Å²) >= 11 is 0. The molecule has 0 aliphatic heterocycles. The largest absolute Gasteiger partial charge is 0.395 e. The van der Waals surface area contributed by atoms with Crippen LogP contribution in [-0.4, -0.2) is 31.5 Å². The lowest BCUT2D eigenvalue weighted by molar-refractivity contribution is 0.0307. The van der Waals surface area contributed by atoms with Gasteiger partial charge in [0.1, 0.15) is 5.82 Å². The minimum atomic E-state index is -0.325. The molecule has 4 heteroatoms. The summed E-state index contributed by atoms with van der Waals surface area (Å²) in [5.41, 5.74) is 1.11. The lowest BCUT2D eigenvalue weighted by Crippen LogP contribution is -2.08. The van der Waals surface area contributed by atoms with Gasteiger partial charge in [0.25, 0.3) is 0 Å². The first kappa shape index (κ1) is 17.6. The molecule has 1 rings (SSSR count). The van der Waals surface area contributed by atoms with Crippen molar-refractivity contribution < 1.29 is 19.0 Å². The Morgan fingerprint density at radius 2 is 2.00 bits per heavy atom. The van der Waals surface area contributed by atoms with Crippen molar-refractivity contribution in [2.75, 3.05) is 26.4 Å². The minimum absolute atomic E-state index is 0.0142. The summed E-state index contributed by atoms with van der Waals surface area (Å²) in [6.45, 7) is 6.08. The average Bonchev–Trinajstić information content (AvgIpc) is 2.44. The monoisotopic (exact) mass is 294 g/mol. The van der Waals surface area contributed by atoms with Crippen molar-refractivity contribution in [2.24, 2.45) is 5.92 Å². The second kappa shape index (κ2) is 10.3. The van der Waals surface area contributed by atoms with Gasteiger partial charge in [0.2, 0.25) is 0 Å². The fourth-order valence-corrected chi connectivity index (χ4v) is 1.58. The van der Waals surface area contributed by atoms with Gasteiger partial charge in [-0.1, -0.05) is 31.8 Å². The Labute approximate surface area is 126 Å². The van der Waals surface area contributed by atoms with E-state index in [1.54, 1.807) is 12.1 Å². The molecule has 0 saturated carbocycles. The SMILES string of the molecule is CC(C)COCCOCc1ccc(C#CCCO)cc1F. The number of halogens is 1. The molecule has 0 radical (unpaired) electrons. The molecule has 0 aromatic heterocycles. The van der Waals surface area contributed by atoms with Gasteiger partial charge in [-0.15, -0.1) is 0 Å². The van der Waals surface area contributed by atoms with Crippen molar-refractivity contribution in [3.63, 3.8) is 0 Å². The van der Waals surface area contributed by atoms with Gasteiger partial charge in [0.15, 0.2) is 0 Å². The Morgan fingerprint density at radius 1 is 1.24 bits per heavy atom. The molecule has 0 atom stereocenters. The van der Waals surface area contributed by atoms with Crippen LogP contribution in [0, 0.1) is 23.6 Å². The van der Waals surface area contributed by atoms with Crippen LogP contribution < -0.4 is 0 Å². The number of hydrogen-bond donors (Lipinski definition) is 1. The number of benzene rings is 1. The van der Waals surface area contributed by atoms with E-state index >= 15 is 0 Å². The summed E-state index contributed by atoms with van der Waals surface area (Å²) in [5, 5.41) is 8.63. The quantitative estimate of drug-likeness (QED) is 0.592. The maximum absolute atomic E-state index is 13.8. The van der Waals surface area contributed by atoms with Crippen LogP contribution >= 0.6 is 0 Å². The van der Waals surface area contributed by atoms with Gasteiger partial charge in [-0.25, -0.2) is 4.39 Å². The van der Waals surface area contributed by atoms with Crippen molar-refractivity contribution in [3.05, 3.63) is 35.1 Å². The van der Waals surface area contributed by atoms with E-state index in [4.69, 9.17) is 14.6 Å². The molecule has 1 aromatic rings. The van der Waals surface area contributed by atoms with Crippen LogP contribution in [0.25, 0.3) is 0 Å². The van der Waals surface area contributed by atoms with Crippen molar-refractivity contribution in [1.82, 2.24) is 0 Å². The molecular weight excluding hydrogens is 271 g/mol. The predicted molar refractivity (Wildman–Crippen MR) is 80.3 cm³/mol. The second-order valence-corrected chi connectivity index (χ2v) is 5.10. The van der Waals surface area contributed by atoms with Crippen molar-refractivity contribution in [3.8, 4) is 11.8 Å². The predicted octanol–water partition coefficient (Wildman–Crippen LogP) is 2.75. The van der Waals surface area contributed by atoms with E-state index in [9.17, 15) is 4.39 Å². The third kappa shape index (κ3) is 7.81. The Balaban J connectivity index is 2.34. The fourth-order valence-electron chi connectivity index (χ4n) is 1.58. The third-order valence-corrected chi connectivity index (χ3v) is 2.60. The number of hydrogen-bond acceptors (Lipinski definition) is 3. The van der Waals surface area contributed by atoms with Crippen LogP contribution in [0.2, 0.25) is 0 Å². The van der Waals surface area contributed by atoms with Crippen molar-refractivity contribution in [2.45, 2.75) is 26.9 Å². The van der Waals surface area contributed by atoms with Gasteiger partial charge < -0.3 is 14.6 Å². The molecule has 0 spiro atoms. The summed E-state index contributed by atoms with van der Waals surface area (Å²) in [5.74, 6) is 5.73. The molecule has 0 aliphatic rings. The lowest BCUT2D eigenvalue weighted by atomic mass is 10.1. The highest BCUT2D eigenvalue weighted by molar-refractivity contribution is 5.36. The maximum atomic E-state index is 13.8. The Kier molecular flexibility index (Phi) is 8.68. The topological polar surface area (TPSA) is 38.7 Å². The van der Waals surface area contributed by atoms with Crippen LogP contribution in [-0.2, 0) is 16.1 Å². The lowest BCUT2D eigenvalue weighted by Gasteiger charge is -2.08. The Morgan fingerprint density at radius 3 is 2.67 bits per heavy atom. The van der Waals surface area contributed by atoms with Crippen LogP contribution in [0.1, 0.15) is 31.4 Å². The van der Waals surface area contributed by atoms with Crippen LogP contribution in [0.5, 0.6) is 0 Å². The molecule has 0 bridgehead atoms. The first-order chi connectivity index (χ1) is 10.1. The molecule has 0 heterocycles. The van der Waals surface area contributed by atoms with Gasteiger partial charge >= 0.3 is 0 Å². The highest BCUT2D eigenvalue weighted by atomic mass is 19.1. The van der Waals surface area contributed by atoms with E-state index < -0.39 is 0 Å². The molecule has 1 N–H and O–H groups in total. The molecule has 0 amide bonds. The molecule has 0 unspecified atom stereocenters. The van der Waals surface area contributed by atoms with E-state index in [1.807, 2.05) is 0 Å². The van der Waals surface area contributed by atoms with Gasteiger partial charge in [0.05, 0.1) is 26.4 Å². The normalized spacial score (nSPS) is 10.5. The first-order valence-electron chi connectivity index (χ1n) is 7.17. The molecule has 0 aliphatic carbocycles. The summed E-state index contributed by atoms with van der Waals surface area (Å²) in [6.07, 6.45) is 0.392. The third-order valence-electron chi connectivity index (χ3n) is 2.60. The summed E-state index contributed by atoms with van der Waals surface area (Å²) in [7, 11) is 0. The van der Waals surface area contributed by atoms with E-state index in [1.165, 1.54) is 6.07 Å².